The third kappa shape index (κ3) is 4.53. The summed E-state index contributed by atoms with van der Waals surface area (Å²) in [6.07, 6.45) is 5.35. The van der Waals surface area contributed by atoms with Crippen LogP contribution >= 0.6 is 15.9 Å². The molecule has 1 saturated carbocycles. The number of methoxy groups -OCH3 is 1. The molecule has 4 rings (SSSR count). The summed E-state index contributed by atoms with van der Waals surface area (Å²) < 4.78 is 16.7. The Morgan fingerprint density at radius 3 is 2.59 bits per heavy atom. The molecule has 2 heterocycles. The predicted octanol–water partition coefficient (Wildman–Crippen LogP) is 5.08. The van der Waals surface area contributed by atoms with Crippen LogP contribution in [0.4, 0.5) is 0 Å². The van der Waals surface area contributed by atoms with Gasteiger partial charge in [0.25, 0.3) is 5.91 Å². The molecule has 0 spiro atoms. The number of carbonyl (C=O) groups excluding carboxylic acids is 1. The van der Waals surface area contributed by atoms with Crippen LogP contribution in [0.5, 0.6) is 5.75 Å². The molecule has 0 bridgehead atoms. The van der Waals surface area contributed by atoms with Crippen molar-refractivity contribution in [3.63, 3.8) is 0 Å². The second-order valence-corrected chi connectivity index (χ2v) is 7.85. The fraction of sp³-hybridized carbons (Fsp3) is 0.381. The SMILES string of the molecule is COc1ccc(-c2noc(CN(C(=O)c3ccc(Br)o3)C3CCCCC3)n2)cc1. The normalized spacial score (nSPS) is 14.7. The quantitative estimate of drug-likeness (QED) is 0.511. The second kappa shape index (κ2) is 8.82. The second-order valence-electron chi connectivity index (χ2n) is 7.07. The Morgan fingerprint density at radius 2 is 1.93 bits per heavy atom. The van der Waals surface area contributed by atoms with E-state index < -0.39 is 0 Å². The minimum absolute atomic E-state index is 0.136. The Bertz CT molecular complexity index is 960. The minimum atomic E-state index is -0.160. The van der Waals surface area contributed by atoms with Gasteiger partial charge in [-0.25, -0.2) is 0 Å². The Labute approximate surface area is 177 Å². The molecule has 1 amide bonds. The van der Waals surface area contributed by atoms with Crippen LogP contribution in [-0.2, 0) is 6.54 Å². The van der Waals surface area contributed by atoms with Gasteiger partial charge in [-0.3, -0.25) is 4.79 Å². The van der Waals surface area contributed by atoms with E-state index in [0.717, 1.165) is 37.0 Å². The lowest BCUT2D eigenvalue weighted by molar-refractivity contribution is 0.0552. The molecule has 0 aliphatic heterocycles. The molecule has 1 aliphatic carbocycles. The molecule has 152 valence electrons. The van der Waals surface area contributed by atoms with E-state index in [9.17, 15) is 4.79 Å². The van der Waals surface area contributed by atoms with Crippen molar-refractivity contribution >= 4 is 21.8 Å². The van der Waals surface area contributed by atoms with Crippen molar-refractivity contribution in [2.45, 2.75) is 44.7 Å². The molecule has 7 nitrogen and oxygen atoms in total. The monoisotopic (exact) mass is 459 g/mol. The lowest BCUT2D eigenvalue weighted by Crippen LogP contribution is -2.41. The Kier molecular flexibility index (Phi) is 5.99. The van der Waals surface area contributed by atoms with Gasteiger partial charge in [-0.1, -0.05) is 24.4 Å². The van der Waals surface area contributed by atoms with Crippen LogP contribution in [0.2, 0.25) is 0 Å². The average Bonchev–Trinajstić information content (AvgIpc) is 3.41. The van der Waals surface area contributed by atoms with Crippen LogP contribution in [0.3, 0.4) is 0 Å². The molecule has 0 atom stereocenters. The first-order valence-corrected chi connectivity index (χ1v) is 10.5. The maximum Gasteiger partial charge on any atom is 0.290 e. The standard InChI is InChI=1S/C21H22BrN3O4/c1-27-16-9-7-14(8-10-16)20-23-19(29-24-20)13-25(15-5-3-2-4-6-15)21(26)17-11-12-18(22)28-17/h7-12,15H,2-6,13H2,1H3. The van der Waals surface area contributed by atoms with Crippen LogP contribution in [-0.4, -0.2) is 34.1 Å². The number of ether oxygens (including phenoxy) is 1. The van der Waals surface area contributed by atoms with Crippen molar-refractivity contribution in [3.8, 4) is 17.1 Å². The van der Waals surface area contributed by atoms with Gasteiger partial charge in [-0.2, -0.15) is 4.98 Å². The van der Waals surface area contributed by atoms with E-state index in [2.05, 4.69) is 26.1 Å². The maximum absolute atomic E-state index is 13.1. The van der Waals surface area contributed by atoms with Gasteiger partial charge in [-0.15, -0.1) is 0 Å². The maximum atomic E-state index is 13.1. The van der Waals surface area contributed by atoms with E-state index in [-0.39, 0.29) is 18.5 Å². The molecule has 0 N–H and O–H groups in total. The molecule has 0 unspecified atom stereocenters. The van der Waals surface area contributed by atoms with Gasteiger partial charge < -0.3 is 18.6 Å². The van der Waals surface area contributed by atoms with E-state index in [1.54, 1.807) is 24.1 Å². The summed E-state index contributed by atoms with van der Waals surface area (Å²) in [5.74, 6) is 1.79. The smallest absolute Gasteiger partial charge is 0.290 e. The number of furan rings is 1. The van der Waals surface area contributed by atoms with Gasteiger partial charge in [0, 0.05) is 11.6 Å². The molecule has 8 heteroatoms. The Balaban J connectivity index is 1.55. The summed E-state index contributed by atoms with van der Waals surface area (Å²) in [7, 11) is 1.62. The molecular weight excluding hydrogens is 438 g/mol. The summed E-state index contributed by atoms with van der Waals surface area (Å²) in [5, 5.41) is 4.08. The van der Waals surface area contributed by atoms with Crippen molar-refractivity contribution < 1.29 is 18.5 Å². The molecule has 0 radical (unpaired) electrons. The van der Waals surface area contributed by atoms with E-state index in [1.165, 1.54) is 6.42 Å². The topological polar surface area (TPSA) is 81.6 Å². The number of aromatic nitrogens is 2. The summed E-state index contributed by atoms with van der Waals surface area (Å²) >= 11 is 3.26. The number of nitrogens with zero attached hydrogens (tertiary/aromatic N) is 3. The minimum Gasteiger partial charge on any atom is -0.497 e. The van der Waals surface area contributed by atoms with E-state index in [1.807, 2.05) is 24.3 Å². The summed E-state index contributed by atoms with van der Waals surface area (Å²) in [5.41, 5.74) is 0.825. The van der Waals surface area contributed by atoms with Gasteiger partial charge in [-0.05, 0) is 65.2 Å². The Hall–Kier alpha value is -2.61. The fourth-order valence-electron chi connectivity index (χ4n) is 3.65. The molecule has 3 aromatic rings. The average molecular weight is 460 g/mol. The number of amides is 1. The summed E-state index contributed by atoms with van der Waals surface area (Å²) in [6.45, 7) is 0.255. The zero-order valence-corrected chi connectivity index (χ0v) is 17.7. The summed E-state index contributed by atoms with van der Waals surface area (Å²) in [4.78, 5) is 19.4. The molecule has 2 aromatic heterocycles. The molecule has 0 saturated heterocycles. The van der Waals surface area contributed by atoms with Crippen LogP contribution in [0.25, 0.3) is 11.4 Å². The fourth-order valence-corrected chi connectivity index (χ4v) is 3.96. The van der Waals surface area contributed by atoms with Crippen LogP contribution in [0.15, 0.2) is 50.0 Å². The van der Waals surface area contributed by atoms with Gasteiger partial charge in [0.2, 0.25) is 11.7 Å². The number of rotatable bonds is 6. The summed E-state index contributed by atoms with van der Waals surface area (Å²) in [6, 6.07) is 11.0. The highest BCUT2D eigenvalue weighted by Crippen LogP contribution is 2.27. The molecular formula is C21H22BrN3O4. The number of hydrogen-bond donors (Lipinski definition) is 0. The van der Waals surface area contributed by atoms with Gasteiger partial charge in [0.1, 0.15) is 12.3 Å². The first-order valence-electron chi connectivity index (χ1n) is 9.67. The first kappa shape index (κ1) is 19.7. The molecule has 1 aliphatic rings. The lowest BCUT2D eigenvalue weighted by Gasteiger charge is -2.32. The largest absolute Gasteiger partial charge is 0.497 e. The Morgan fingerprint density at radius 1 is 1.17 bits per heavy atom. The van der Waals surface area contributed by atoms with Crippen LogP contribution < -0.4 is 4.74 Å². The van der Waals surface area contributed by atoms with E-state index in [0.29, 0.717) is 22.1 Å². The van der Waals surface area contributed by atoms with Gasteiger partial charge in [0.15, 0.2) is 10.4 Å². The first-order chi connectivity index (χ1) is 14.1. The third-order valence-electron chi connectivity index (χ3n) is 5.18. The predicted molar refractivity (Wildman–Crippen MR) is 109 cm³/mol. The van der Waals surface area contributed by atoms with Crippen LogP contribution in [0.1, 0.15) is 48.5 Å². The van der Waals surface area contributed by atoms with Gasteiger partial charge >= 0.3 is 0 Å². The van der Waals surface area contributed by atoms with Crippen molar-refractivity contribution in [1.82, 2.24) is 15.0 Å². The molecule has 1 fully saturated rings. The number of halogens is 1. The number of benzene rings is 1. The highest BCUT2D eigenvalue weighted by Gasteiger charge is 2.30. The van der Waals surface area contributed by atoms with E-state index in [4.69, 9.17) is 13.7 Å². The van der Waals surface area contributed by atoms with Crippen molar-refractivity contribution in [2.75, 3.05) is 7.11 Å². The molecule has 1 aromatic carbocycles. The van der Waals surface area contributed by atoms with Crippen molar-refractivity contribution in [2.24, 2.45) is 0 Å². The van der Waals surface area contributed by atoms with Gasteiger partial charge in [0.05, 0.1) is 7.11 Å². The zero-order chi connectivity index (χ0) is 20.2. The van der Waals surface area contributed by atoms with Crippen LogP contribution in [0, 0.1) is 0 Å². The zero-order valence-electron chi connectivity index (χ0n) is 16.1. The number of hydrogen-bond acceptors (Lipinski definition) is 6. The highest BCUT2D eigenvalue weighted by atomic mass is 79.9. The third-order valence-corrected chi connectivity index (χ3v) is 5.61. The highest BCUT2D eigenvalue weighted by molar-refractivity contribution is 9.10. The van der Waals surface area contributed by atoms with Crippen molar-refractivity contribution in [1.29, 1.82) is 0 Å². The van der Waals surface area contributed by atoms with E-state index >= 15 is 0 Å². The van der Waals surface area contributed by atoms with Crippen molar-refractivity contribution in [3.05, 3.63) is 52.7 Å². The molecule has 29 heavy (non-hydrogen) atoms. The number of carbonyl (C=O) groups is 1. The lowest BCUT2D eigenvalue weighted by atomic mass is 9.94.